The van der Waals surface area contributed by atoms with Crippen LogP contribution in [0.2, 0.25) is 5.02 Å². The lowest BCUT2D eigenvalue weighted by Crippen LogP contribution is -2.34. The number of carbonyl (C=O) groups is 1. The monoisotopic (exact) mass is 410 g/mol. The van der Waals surface area contributed by atoms with Crippen molar-refractivity contribution in [1.82, 2.24) is 14.9 Å². The van der Waals surface area contributed by atoms with E-state index < -0.39 is 12.7 Å². The normalized spacial score (nSPS) is 11.7. The predicted molar refractivity (Wildman–Crippen MR) is 108 cm³/mol. The van der Waals surface area contributed by atoms with Crippen molar-refractivity contribution in [3.8, 4) is 0 Å². The molecule has 0 spiro atoms. The molecule has 144 valence electrons. The quantitative estimate of drug-likeness (QED) is 0.500. The predicted octanol–water partition coefficient (Wildman–Crippen LogP) is 2.48. The first-order chi connectivity index (χ1) is 12.5. The standard InChI is InChI=1S/C18H19ClN4O3.ClH/c1-23-6-5-14-16(23)15(18(26)21-8-13(25)10-24)9-20-17(14)22-12-4-2-3-11(19)7-12;/h2-7,9,13,24-25H,8,10H2,1H3,(H,20,22)(H,21,26);1H/t13-;/m0./s1. The van der Waals surface area contributed by atoms with Crippen molar-refractivity contribution < 1.29 is 15.0 Å². The van der Waals surface area contributed by atoms with Crippen LogP contribution in [0, 0.1) is 0 Å². The molecule has 4 N–H and O–H groups in total. The summed E-state index contributed by atoms with van der Waals surface area (Å²) in [5, 5.41) is 25.5. The number of anilines is 2. The van der Waals surface area contributed by atoms with Crippen molar-refractivity contribution in [1.29, 1.82) is 0 Å². The molecule has 0 saturated carbocycles. The topological polar surface area (TPSA) is 99.4 Å². The Kier molecular flexibility index (Phi) is 7.04. The van der Waals surface area contributed by atoms with Gasteiger partial charge < -0.3 is 25.4 Å². The number of hydrogen-bond acceptors (Lipinski definition) is 5. The Morgan fingerprint density at radius 2 is 2.15 bits per heavy atom. The van der Waals surface area contributed by atoms with E-state index in [4.69, 9.17) is 16.7 Å². The summed E-state index contributed by atoms with van der Waals surface area (Å²) in [5.74, 6) is 0.237. The number of benzene rings is 1. The summed E-state index contributed by atoms with van der Waals surface area (Å²) in [6.07, 6.45) is 2.32. The third-order valence-electron chi connectivity index (χ3n) is 3.95. The highest BCUT2D eigenvalue weighted by Crippen LogP contribution is 2.28. The summed E-state index contributed by atoms with van der Waals surface area (Å²) in [7, 11) is 1.84. The maximum atomic E-state index is 12.4. The van der Waals surface area contributed by atoms with E-state index in [1.165, 1.54) is 6.20 Å². The van der Waals surface area contributed by atoms with Gasteiger partial charge in [0.15, 0.2) is 0 Å². The zero-order valence-corrected chi connectivity index (χ0v) is 16.1. The molecule has 0 aliphatic heterocycles. The number of pyridine rings is 1. The number of hydrogen-bond donors (Lipinski definition) is 4. The first-order valence-corrected chi connectivity index (χ1v) is 8.41. The first kappa shape index (κ1) is 21.0. The van der Waals surface area contributed by atoms with Gasteiger partial charge in [0.2, 0.25) is 0 Å². The number of nitrogens with zero attached hydrogens (tertiary/aromatic N) is 2. The molecule has 0 radical (unpaired) electrons. The molecule has 0 fully saturated rings. The van der Waals surface area contributed by atoms with Crippen molar-refractivity contribution in [2.24, 2.45) is 7.05 Å². The van der Waals surface area contributed by atoms with Gasteiger partial charge in [0.25, 0.3) is 5.91 Å². The molecule has 9 heteroatoms. The van der Waals surface area contributed by atoms with Crippen molar-refractivity contribution in [2.45, 2.75) is 6.10 Å². The number of aromatic nitrogens is 2. The summed E-state index contributed by atoms with van der Waals surface area (Å²) in [6, 6.07) is 9.15. The first-order valence-electron chi connectivity index (χ1n) is 8.03. The lowest BCUT2D eigenvalue weighted by Gasteiger charge is -2.13. The van der Waals surface area contributed by atoms with Crippen LogP contribution in [0.1, 0.15) is 10.4 Å². The van der Waals surface area contributed by atoms with E-state index in [1.54, 1.807) is 12.1 Å². The van der Waals surface area contributed by atoms with Gasteiger partial charge in [-0.05, 0) is 24.3 Å². The van der Waals surface area contributed by atoms with Crippen LogP contribution in [-0.4, -0.2) is 44.9 Å². The minimum Gasteiger partial charge on any atom is -0.394 e. The number of aliphatic hydroxyl groups is 2. The second-order valence-electron chi connectivity index (χ2n) is 5.89. The molecule has 0 aliphatic carbocycles. The van der Waals surface area contributed by atoms with Crippen molar-refractivity contribution in [3.05, 3.63) is 53.3 Å². The molecule has 27 heavy (non-hydrogen) atoms. The number of aryl methyl sites for hydroxylation is 1. The van der Waals surface area contributed by atoms with Gasteiger partial charge in [-0.2, -0.15) is 0 Å². The van der Waals surface area contributed by atoms with Gasteiger partial charge in [0, 0.05) is 42.1 Å². The average Bonchev–Trinajstić information content (AvgIpc) is 3.02. The highest BCUT2D eigenvalue weighted by atomic mass is 35.5. The SMILES string of the molecule is Cl.Cn1ccc2c(Nc3cccc(Cl)c3)ncc(C(=O)NC[C@H](O)CO)c21. The number of rotatable bonds is 6. The van der Waals surface area contributed by atoms with Gasteiger partial charge in [0.05, 0.1) is 23.8 Å². The number of carbonyl (C=O) groups excluding carboxylic acids is 1. The molecule has 0 saturated heterocycles. The molecule has 1 amide bonds. The Morgan fingerprint density at radius 3 is 2.85 bits per heavy atom. The van der Waals surface area contributed by atoms with Gasteiger partial charge in [-0.1, -0.05) is 17.7 Å². The van der Waals surface area contributed by atoms with Gasteiger partial charge in [-0.15, -0.1) is 12.4 Å². The summed E-state index contributed by atoms with van der Waals surface area (Å²) in [5.41, 5.74) is 1.88. The van der Waals surface area contributed by atoms with Gasteiger partial charge >= 0.3 is 0 Å². The van der Waals surface area contributed by atoms with Gasteiger partial charge in [0.1, 0.15) is 5.82 Å². The minimum absolute atomic E-state index is 0. The van der Waals surface area contributed by atoms with E-state index in [1.807, 2.05) is 36.0 Å². The van der Waals surface area contributed by atoms with Gasteiger partial charge in [-0.25, -0.2) is 4.98 Å². The molecule has 7 nitrogen and oxygen atoms in total. The number of amides is 1. The molecule has 0 bridgehead atoms. The fraction of sp³-hybridized carbons (Fsp3) is 0.222. The van der Waals surface area contributed by atoms with E-state index in [0.717, 1.165) is 11.1 Å². The molecule has 1 atom stereocenters. The van der Waals surface area contributed by atoms with E-state index in [2.05, 4.69) is 15.6 Å². The third-order valence-corrected chi connectivity index (χ3v) is 4.18. The van der Waals surface area contributed by atoms with Crippen LogP contribution in [0.15, 0.2) is 42.7 Å². The molecule has 0 aliphatic rings. The van der Waals surface area contributed by atoms with Crippen molar-refractivity contribution in [3.63, 3.8) is 0 Å². The number of halogens is 2. The fourth-order valence-electron chi connectivity index (χ4n) is 2.65. The molecular formula is C18H20Cl2N4O3. The molecule has 0 unspecified atom stereocenters. The van der Waals surface area contributed by atoms with Crippen LogP contribution in [0.25, 0.3) is 10.9 Å². The average molecular weight is 411 g/mol. The summed E-state index contributed by atoms with van der Waals surface area (Å²) < 4.78 is 1.83. The Labute approximate surface area is 167 Å². The summed E-state index contributed by atoms with van der Waals surface area (Å²) >= 11 is 6.02. The van der Waals surface area contributed by atoms with Gasteiger partial charge in [-0.3, -0.25) is 4.79 Å². The fourth-order valence-corrected chi connectivity index (χ4v) is 2.85. The summed E-state index contributed by atoms with van der Waals surface area (Å²) in [4.78, 5) is 16.8. The lowest BCUT2D eigenvalue weighted by atomic mass is 10.1. The summed E-state index contributed by atoms with van der Waals surface area (Å²) in [6.45, 7) is -0.454. The highest BCUT2D eigenvalue weighted by molar-refractivity contribution is 6.30. The molecular weight excluding hydrogens is 391 g/mol. The number of fused-ring (bicyclic) bond motifs is 1. The van der Waals surface area contributed by atoms with Crippen molar-refractivity contribution in [2.75, 3.05) is 18.5 Å². The second kappa shape index (κ2) is 9.05. The van der Waals surface area contributed by atoms with Crippen LogP contribution in [0.4, 0.5) is 11.5 Å². The van der Waals surface area contributed by atoms with E-state index in [9.17, 15) is 9.90 Å². The van der Waals surface area contributed by atoms with Crippen molar-refractivity contribution >= 4 is 52.3 Å². The zero-order valence-electron chi connectivity index (χ0n) is 14.5. The van der Waals surface area contributed by atoms with Crippen LogP contribution in [0.3, 0.4) is 0 Å². The van der Waals surface area contributed by atoms with Crippen LogP contribution in [-0.2, 0) is 7.05 Å². The largest absolute Gasteiger partial charge is 0.394 e. The van der Waals surface area contributed by atoms with Crippen LogP contribution < -0.4 is 10.6 Å². The molecule has 1 aromatic carbocycles. The molecule has 3 rings (SSSR count). The highest BCUT2D eigenvalue weighted by Gasteiger charge is 2.17. The minimum atomic E-state index is -1.00. The maximum Gasteiger partial charge on any atom is 0.255 e. The Morgan fingerprint density at radius 1 is 1.37 bits per heavy atom. The van der Waals surface area contributed by atoms with Crippen LogP contribution in [0.5, 0.6) is 0 Å². The smallest absolute Gasteiger partial charge is 0.255 e. The Hall–Kier alpha value is -2.32. The Balaban J connectivity index is 0.00000261. The maximum absolute atomic E-state index is 12.4. The third kappa shape index (κ3) is 4.70. The zero-order chi connectivity index (χ0) is 18.7. The van der Waals surface area contributed by atoms with E-state index in [-0.39, 0.29) is 24.9 Å². The molecule has 3 aromatic rings. The number of aliphatic hydroxyl groups excluding tert-OH is 2. The van der Waals surface area contributed by atoms with E-state index in [0.29, 0.717) is 21.9 Å². The second-order valence-corrected chi connectivity index (χ2v) is 6.33. The van der Waals surface area contributed by atoms with Crippen LogP contribution >= 0.6 is 24.0 Å². The van der Waals surface area contributed by atoms with E-state index >= 15 is 0 Å². The molecule has 2 aromatic heterocycles. The number of nitrogens with one attached hydrogen (secondary N) is 2. The molecule has 2 heterocycles. The Bertz CT molecular complexity index is 946. The lowest BCUT2D eigenvalue weighted by molar-refractivity contribution is 0.0802.